The van der Waals surface area contributed by atoms with Crippen LogP contribution in [0.4, 0.5) is 0 Å². The highest BCUT2D eigenvalue weighted by Crippen LogP contribution is 2.41. The monoisotopic (exact) mass is 181 g/mol. The molecule has 2 rings (SSSR count). The molecule has 0 spiro atoms. The lowest BCUT2D eigenvalue weighted by atomic mass is 9.78. The van der Waals surface area contributed by atoms with Gasteiger partial charge in [-0.2, -0.15) is 0 Å². The van der Waals surface area contributed by atoms with Crippen LogP contribution >= 0.6 is 0 Å². The van der Waals surface area contributed by atoms with E-state index in [1.54, 1.807) is 0 Å². The summed E-state index contributed by atoms with van der Waals surface area (Å²) in [4.78, 5) is 0. The van der Waals surface area contributed by atoms with E-state index in [-0.39, 0.29) is 0 Å². The van der Waals surface area contributed by atoms with Gasteiger partial charge in [0.25, 0.3) is 0 Å². The molecule has 2 unspecified atom stereocenters. The fraction of sp³-hybridized carbons (Fsp3) is 1.00. The Morgan fingerprint density at radius 2 is 1.54 bits per heavy atom. The van der Waals surface area contributed by atoms with E-state index in [2.05, 4.69) is 6.92 Å². The minimum atomic E-state index is 0.507. The highest BCUT2D eigenvalue weighted by molar-refractivity contribution is 4.89. The van der Waals surface area contributed by atoms with E-state index in [1.807, 2.05) is 0 Å². The molecule has 1 heteroatoms. The van der Waals surface area contributed by atoms with E-state index in [0.29, 0.717) is 6.04 Å². The summed E-state index contributed by atoms with van der Waals surface area (Å²) in [5, 5.41) is 0. The summed E-state index contributed by atoms with van der Waals surface area (Å²) in [5.74, 6) is 2.63. The molecule has 2 fully saturated rings. The molecular weight excluding hydrogens is 158 g/mol. The van der Waals surface area contributed by atoms with Crippen LogP contribution in [-0.2, 0) is 0 Å². The van der Waals surface area contributed by atoms with Crippen LogP contribution in [0.15, 0.2) is 0 Å². The van der Waals surface area contributed by atoms with E-state index in [9.17, 15) is 0 Å². The molecule has 13 heavy (non-hydrogen) atoms. The fourth-order valence-corrected chi connectivity index (χ4v) is 2.88. The molecule has 0 saturated heterocycles. The average molecular weight is 181 g/mol. The Morgan fingerprint density at radius 1 is 0.923 bits per heavy atom. The van der Waals surface area contributed by atoms with Crippen LogP contribution in [-0.4, -0.2) is 6.04 Å². The van der Waals surface area contributed by atoms with Crippen molar-refractivity contribution in [2.24, 2.45) is 23.5 Å². The maximum absolute atomic E-state index is 6.33. The summed E-state index contributed by atoms with van der Waals surface area (Å²) < 4.78 is 0. The van der Waals surface area contributed by atoms with Gasteiger partial charge in [0, 0.05) is 6.04 Å². The summed E-state index contributed by atoms with van der Waals surface area (Å²) in [5.41, 5.74) is 6.33. The zero-order valence-corrected chi connectivity index (χ0v) is 8.84. The normalized spacial score (nSPS) is 30.0. The van der Waals surface area contributed by atoms with E-state index in [1.165, 1.54) is 44.9 Å². The van der Waals surface area contributed by atoms with Crippen molar-refractivity contribution in [3.63, 3.8) is 0 Å². The van der Waals surface area contributed by atoms with Crippen molar-refractivity contribution >= 4 is 0 Å². The lowest BCUT2D eigenvalue weighted by Gasteiger charge is -2.31. The quantitative estimate of drug-likeness (QED) is 0.711. The minimum absolute atomic E-state index is 0.507. The van der Waals surface area contributed by atoms with Gasteiger partial charge < -0.3 is 5.73 Å². The van der Waals surface area contributed by atoms with Crippen LogP contribution < -0.4 is 5.73 Å². The van der Waals surface area contributed by atoms with Gasteiger partial charge in [0.15, 0.2) is 0 Å². The first-order valence-electron chi connectivity index (χ1n) is 6.04. The zero-order valence-electron chi connectivity index (χ0n) is 8.84. The summed E-state index contributed by atoms with van der Waals surface area (Å²) >= 11 is 0. The molecular formula is C12H23N. The molecule has 0 radical (unpaired) electrons. The summed E-state index contributed by atoms with van der Waals surface area (Å²) in [6.45, 7) is 2.37. The second-order valence-electron chi connectivity index (χ2n) is 5.17. The lowest BCUT2D eigenvalue weighted by Crippen LogP contribution is -2.38. The first kappa shape index (κ1) is 9.51. The number of hydrogen-bond donors (Lipinski definition) is 1. The Bertz CT molecular complexity index is 157. The Morgan fingerprint density at radius 3 is 2.08 bits per heavy atom. The third-order valence-corrected chi connectivity index (χ3v) is 4.17. The van der Waals surface area contributed by atoms with Crippen molar-refractivity contribution in [2.45, 2.75) is 57.9 Å². The number of rotatable bonds is 3. The van der Waals surface area contributed by atoms with Crippen LogP contribution in [0.3, 0.4) is 0 Å². The van der Waals surface area contributed by atoms with Crippen molar-refractivity contribution < 1.29 is 0 Å². The first-order valence-corrected chi connectivity index (χ1v) is 6.04. The van der Waals surface area contributed by atoms with Gasteiger partial charge in [-0.15, -0.1) is 0 Å². The van der Waals surface area contributed by atoms with Gasteiger partial charge in [-0.05, 0) is 43.4 Å². The Labute approximate surface area is 82.1 Å². The third kappa shape index (κ3) is 2.25. The van der Waals surface area contributed by atoms with Crippen molar-refractivity contribution in [1.82, 2.24) is 0 Å². The van der Waals surface area contributed by atoms with Crippen LogP contribution in [0, 0.1) is 17.8 Å². The molecule has 0 aromatic heterocycles. The van der Waals surface area contributed by atoms with Crippen LogP contribution in [0.2, 0.25) is 0 Å². The zero-order chi connectivity index (χ0) is 9.26. The van der Waals surface area contributed by atoms with Gasteiger partial charge in [0.05, 0.1) is 0 Å². The van der Waals surface area contributed by atoms with Gasteiger partial charge in [-0.25, -0.2) is 0 Å². The number of hydrogen-bond acceptors (Lipinski definition) is 1. The molecule has 2 atom stereocenters. The Kier molecular flexibility index (Phi) is 2.92. The van der Waals surface area contributed by atoms with Crippen LogP contribution in [0.5, 0.6) is 0 Å². The smallest absolute Gasteiger partial charge is 0.00956 e. The van der Waals surface area contributed by atoms with Crippen LogP contribution in [0.25, 0.3) is 0 Å². The van der Waals surface area contributed by atoms with Crippen LogP contribution in [0.1, 0.15) is 51.9 Å². The first-order chi connectivity index (χ1) is 6.29. The van der Waals surface area contributed by atoms with Gasteiger partial charge in [-0.3, -0.25) is 0 Å². The van der Waals surface area contributed by atoms with E-state index in [0.717, 1.165) is 17.8 Å². The van der Waals surface area contributed by atoms with Crippen molar-refractivity contribution in [3.8, 4) is 0 Å². The van der Waals surface area contributed by atoms with E-state index >= 15 is 0 Å². The fourth-order valence-electron chi connectivity index (χ4n) is 2.88. The highest BCUT2D eigenvalue weighted by Gasteiger charge is 2.35. The van der Waals surface area contributed by atoms with Crippen molar-refractivity contribution in [1.29, 1.82) is 0 Å². The maximum Gasteiger partial charge on any atom is 0.00956 e. The molecule has 2 aliphatic carbocycles. The van der Waals surface area contributed by atoms with E-state index in [4.69, 9.17) is 5.73 Å². The molecule has 0 aromatic carbocycles. The van der Waals surface area contributed by atoms with Crippen molar-refractivity contribution in [2.75, 3.05) is 0 Å². The highest BCUT2D eigenvalue weighted by atomic mass is 14.7. The Hall–Kier alpha value is -0.0400. The average Bonchev–Trinajstić information content (AvgIpc) is 3.00. The standard InChI is InChI=1S/C12H23N/c1-9(10-7-8-10)12(13)11-5-3-2-4-6-11/h9-12H,2-8,13H2,1H3. The summed E-state index contributed by atoms with van der Waals surface area (Å²) in [6, 6.07) is 0.507. The molecule has 0 heterocycles. The molecule has 2 aliphatic rings. The molecule has 0 bridgehead atoms. The molecule has 76 valence electrons. The summed E-state index contributed by atoms with van der Waals surface area (Å²) in [7, 11) is 0. The third-order valence-electron chi connectivity index (χ3n) is 4.17. The van der Waals surface area contributed by atoms with Gasteiger partial charge >= 0.3 is 0 Å². The van der Waals surface area contributed by atoms with Gasteiger partial charge in [0.2, 0.25) is 0 Å². The van der Waals surface area contributed by atoms with Gasteiger partial charge in [-0.1, -0.05) is 26.2 Å². The topological polar surface area (TPSA) is 26.0 Å². The molecule has 0 aliphatic heterocycles. The molecule has 0 amide bonds. The molecule has 0 aromatic rings. The second kappa shape index (κ2) is 4.00. The Balaban J connectivity index is 1.82. The molecule has 2 N–H and O–H groups in total. The predicted octanol–water partition coefficient (Wildman–Crippen LogP) is 2.94. The number of nitrogens with two attached hydrogens (primary N) is 1. The lowest BCUT2D eigenvalue weighted by molar-refractivity contribution is 0.238. The molecule has 2 saturated carbocycles. The second-order valence-corrected chi connectivity index (χ2v) is 5.17. The SMILES string of the molecule is CC(C1CC1)C(N)C1CCCCC1. The summed E-state index contributed by atoms with van der Waals surface area (Å²) in [6.07, 6.45) is 9.99. The maximum atomic E-state index is 6.33. The van der Waals surface area contributed by atoms with Crippen molar-refractivity contribution in [3.05, 3.63) is 0 Å². The predicted molar refractivity (Wildman–Crippen MR) is 56.4 cm³/mol. The largest absolute Gasteiger partial charge is 0.327 e. The molecule has 1 nitrogen and oxygen atoms in total. The minimum Gasteiger partial charge on any atom is -0.327 e. The van der Waals surface area contributed by atoms with E-state index < -0.39 is 0 Å². The van der Waals surface area contributed by atoms with Gasteiger partial charge in [0.1, 0.15) is 0 Å².